The van der Waals surface area contributed by atoms with E-state index in [0.29, 0.717) is 12.8 Å². The number of halogens is 1. The molecule has 18 N–H and O–H groups in total. The molecule has 0 radical (unpaired) electrons. The fourth-order valence-electron chi connectivity index (χ4n) is 8.07. The third kappa shape index (κ3) is 24.3. The van der Waals surface area contributed by atoms with E-state index in [1.165, 1.54) is 11.8 Å². The number of primary amides is 1. The molecule has 1 aliphatic heterocycles. The van der Waals surface area contributed by atoms with Gasteiger partial charge in [-0.1, -0.05) is 55.4 Å². The van der Waals surface area contributed by atoms with Crippen LogP contribution >= 0.6 is 11.6 Å². The lowest BCUT2D eigenvalue weighted by Gasteiger charge is -2.32. The van der Waals surface area contributed by atoms with E-state index >= 15 is 0 Å². The van der Waals surface area contributed by atoms with Crippen LogP contribution in [0.3, 0.4) is 0 Å². The number of nitrogens with one attached hydrogen (secondary N) is 8. The molecule has 1 fully saturated rings. The molecule has 29 heteroatoms. The van der Waals surface area contributed by atoms with Crippen LogP contribution in [0.2, 0.25) is 0 Å². The number of carboxylic acids is 1. The minimum absolute atomic E-state index is 0.0528. The molecule has 0 bridgehead atoms. The van der Waals surface area contributed by atoms with Gasteiger partial charge in [-0.3, -0.25) is 62.5 Å². The van der Waals surface area contributed by atoms with Crippen LogP contribution in [-0.4, -0.2) is 178 Å². The van der Waals surface area contributed by atoms with Gasteiger partial charge in [0.05, 0.1) is 24.6 Å². The van der Waals surface area contributed by atoms with Crippen molar-refractivity contribution in [3.05, 3.63) is 0 Å². The second-order valence-electron chi connectivity index (χ2n) is 20.8. The molecular formula is C49H85ClN14O14. The van der Waals surface area contributed by atoms with Crippen molar-refractivity contribution in [2.45, 2.75) is 181 Å². The van der Waals surface area contributed by atoms with Crippen LogP contribution < -0.4 is 65.5 Å². The number of hydrogen-bond acceptors (Lipinski definition) is 15. The van der Waals surface area contributed by atoms with Gasteiger partial charge in [-0.25, -0.2) is 0 Å². The number of nitrogens with two attached hydrogens (primary N) is 4. The highest BCUT2D eigenvalue weighted by molar-refractivity contribution is 6.28. The number of carbonyl (C=O) groups excluding carboxylic acids is 11. The molecule has 0 aromatic rings. The lowest BCUT2D eigenvalue weighted by atomic mass is 9.98. The first-order chi connectivity index (χ1) is 36.3. The average Bonchev–Trinajstić information content (AvgIpc) is 3.85. The van der Waals surface area contributed by atoms with Gasteiger partial charge < -0.3 is 80.6 Å². The Kier molecular flexibility index (Phi) is 30.4. The maximum Gasteiger partial charge on any atom is 0.303 e. The third-order valence-electron chi connectivity index (χ3n) is 12.5. The Morgan fingerprint density at radius 3 is 1.67 bits per heavy atom. The molecule has 0 spiro atoms. The second kappa shape index (κ2) is 34.3. The molecule has 1 unspecified atom stereocenters. The summed E-state index contributed by atoms with van der Waals surface area (Å²) < 4.78 is 0. The zero-order valence-electron chi connectivity index (χ0n) is 46.2. The number of Topliss-reactive ketones (excluding diaryl/α,β-unsaturated/α-hetero) is 1. The van der Waals surface area contributed by atoms with Crippen LogP contribution in [0.5, 0.6) is 0 Å². The smallest absolute Gasteiger partial charge is 0.303 e. The van der Waals surface area contributed by atoms with Gasteiger partial charge in [-0.05, 0) is 75.5 Å². The number of amides is 10. The van der Waals surface area contributed by atoms with E-state index in [1.807, 2.05) is 0 Å². The molecule has 10 atom stereocenters. The Morgan fingerprint density at radius 2 is 1.14 bits per heavy atom. The van der Waals surface area contributed by atoms with Crippen molar-refractivity contribution in [1.29, 1.82) is 0 Å². The maximum atomic E-state index is 14.1. The van der Waals surface area contributed by atoms with Crippen LogP contribution in [0, 0.1) is 23.7 Å². The molecular weight excluding hydrogens is 1040 g/mol. The van der Waals surface area contributed by atoms with E-state index in [2.05, 4.69) is 47.5 Å². The van der Waals surface area contributed by atoms with E-state index in [-0.39, 0.29) is 56.5 Å². The monoisotopic (exact) mass is 1130 g/mol. The summed E-state index contributed by atoms with van der Waals surface area (Å²) >= 11 is 5.82. The molecule has 1 rings (SSSR count). The number of ketones is 1. The molecule has 0 aromatic heterocycles. The number of carbonyl (C=O) groups is 12. The van der Waals surface area contributed by atoms with Crippen LogP contribution in [0.15, 0.2) is 4.99 Å². The summed E-state index contributed by atoms with van der Waals surface area (Å²) in [6.07, 6.45) is -1.93. The van der Waals surface area contributed by atoms with Gasteiger partial charge in [0.25, 0.3) is 0 Å². The van der Waals surface area contributed by atoms with E-state index < -0.39 is 175 Å². The highest BCUT2D eigenvalue weighted by atomic mass is 35.5. The minimum atomic E-state index is -1.56. The summed E-state index contributed by atoms with van der Waals surface area (Å²) in [6.45, 7) is 14.1. The highest BCUT2D eigenvalue weighted by Gasteiger charge is 2.41. The Balaban J connectivity index is 3.25. The van der Waals surface area contributed by atoms with Crippen molar-refractivity contribution in [2.24, 2.45) is 51.6 Å². The summed E-state index contributed by atoms with van der Waals surface area (Å²) in [7, 11) is 0. The summed E-state index contributed by atoms with van der Waals surface area (Å²) in [5, 5.41) is 39.4. The number of carboxylic acid groups (broad SMARTS) is 1. The van der Waals surface area contributed by atoms with Crippen LogP contribution in [0.1, 0.15) is 120 Å². The van der Waals surface area contributed by atoms with Gasteiger partial charge in [-0.2, -0.15) is 0 Å². The first-order valence-electron chi connectivity index (χ1n) is 26.1. The second-order valence-corrected chi connectivity index (χ2v) is 21.1. The Hall–Kier alpha value is -6.68. The Labute approximate surface area is 459 Å². The van der Waals surface area contributed by atoms with E-state index in [0.717, 1.165) is 0 Å². The van der Waals surface area contributed by atoms with Crippen molar-refractivity contribution < 1.29 is 67.7 Å². The number of aliphatic hydroxyl groups is 1. The van der Waals surface area contributed by atoms with Crippen molar-refractivity contribution in [3.8, 4) is 0 Å². The largest absolute Gasteiger partial charge is 0.481 e. The molecule has 442 valence electrons. The summed E-state index contributed by atoms with van der Waals surface area (Å²) in [6, 6.07) is -11.6. The minimum Gasteiger partial charge on any atom is -0.481 e. The predicted octanol–water partition coefficient (Wildman–Crippen LogP) is -3.80. The quantitative estimate of drug-likeness (QED) is 0.0125. The van der Waals surface area contributed by atoms with Crippen molar-refractivity contribution in [2.75, 3.05) is 25.5 Å². The fourth-order valence-corrected chi connectivity index (χ4v) is 8.26. The first kappa shape index (κ1) is 69.3. The fraction of sp³-hybridized carbons (Fsp3) is 0.735. The third-order valence-corrected chi connectivity index (χ3v) is 12.8. The van der Waals surface area contributed by atoms with Crippen molar-refractivity contribution >= 4 is 88.4 Å². The van der Waals surface area contributed by atoms with Crippen LogP contribution in [-0.2, 0) is 57.5 Å². The molecule has 10 amide bonds. The Morgan fingerprint density at radius 1 is 0.628 bits per heavy atom. The SMILES string of the molecule is CC(C)C[C@H](NC(=O)[C@H](CCC(=O)O)NC(=O)[C@@H](NC(=O)[C@@H](N)C(C)O)C(C)C)C(=O)N[C@@H](CCC(N)=O)C(=O)NCC(=O)N[C@H](C(=O)N[C@H](C(=O)N1CCC[C@H]1C(=O)N[C@@H](CCCN=C(N)N)C(=O)CCl)C(C)C)C(C)C. The van der Waals surface area contributed by atoms with Gasteiger partial charge >= 0.3 is 5.97 Å². The van der Waals surface area contributed by atoms with Crippen molar-refractivity contribution in [3.63, 3.8) is 0 Å². The first-order valence-corrected chi connectivity index (χ1v) is 26.6. The number of alkyl halides is 1. The summed E-state index contributed by atoms with van der Waals surface area (Å²) in [5.41, 5.74) is 21.9. The van der Waals surface area contributed by atoms with E-state index in [9.17, 15) is 67.7 Å². The zero-order chi connectivity index (χ0) is 59.7. The van der Waals surface area contributed by atoms with Crippen LogP contribution in [0.4, 0.5) is 0 Å². The molecule has 1 saturated heterocycles. The summed E-state index contributed by atoms with van der Waals surface area (Å²) in [5.74, 6) is -12.5. The lowest BCUT2D eigenvalue weighted by Crippen LogP contribution is -2.60. The number of nitrogens with zero attached hydrogens (tertiary/aromatic N) is 2. The Bertz CT molecular complexity index is 2140. The number of aliphatic imine (C=N–C) groups is 1. The van der Waals surface area contributed by atoms with Crippen molar-refractivity contribution in [1.82, 2.24) is 47.4 Å². The normalized spacial score (nSPS) is 16.7. The predicted molar refractivity (Wildman–Crippen MR) is 286 cm³/mol. The molecule has 28 nitrogen and oxygen atoms in total. The molecule has 0 aliphatic carbocycles. The molecule has 78 heavy (non-hydrogen) atoms. The maximum absolute atomic E-state index is 14.1. The number of aliphatic hydroxyl groups excluding tert-OH is 1. The molecule has 1 heterocycles. The topological polar surface area (TPSA) is 461 Å². The van der Waals surface area contributed by atoms with E-state index in [1.54, 1.807) is 55.4 Å². The zero-order valence-corrected chi connectivity index (χ0v) is 46.9. The number of guanidine groups is 1. The number of hydrogen-bond donors (Lipinski definition) is 14. The molecule has 0 saturated carbocycles. The molecule has 1 aliphatic rings. The highest BCUT2D eigenvalue weighted by Crippen LogP contribution is 2.22. The summed E-state index contributed by atoms with van der Waals surface area (Å²) in [4.78, 5) is 164. The van der Waals surface area contributed by atoms with Gasteiger partial charge in [0, 0.05) is 25.9 Å². The van der Waals surface area contributed by atoms with Gasteiger partial charge in [-0.15, -0.1) is 11.6 Å². The average molecular weight is 1130 g/mol. The number of rotatable bonds is 35. The number of likely N-dealkylation sites (tertiary alicyclic amines) is 1. The number of aliphatic carboxylic acids is 1. The van der Waals surface area contributed by atoms with Gasteiger partial charge in [0.1, 0.15) is 48.3 Å². The van der Waals surface area contributed by atoms with Gasteiger partial charge in [0.2, 0.25) is 59.1 Å². The lowest BCUT2D eigenvalue weighted by molar-refractivity contribution is -0.143. The van der Waals surface area contributed by atoms with Crippen LogP contribution in [0.25, 0.3) is 0 Å². The molecule has 0 aromatic carbocycles. The standard InChI is InChI=1S/C49H85ClN14O14/c1-23(2)20-31(60-42(72)30(15-17-36(69)70)59-46(76)39(25(5)6)62-45(75)37(52)27(9)65)43(73)58-29(14-16-34(51)67)41(71)56-22-35(68)61-38(24(3)4)47(77)63-40(26(7)8)48(78)64-19-11-13-32(64)44(74)57-28(33(66)21-50)12-10-18-55-49(53)54/h23-32,37-40,65H,10-22,52H2,1-9H3,(H2,51,67)(H,56,71)(H,57,74)(H,58,73)(H,59,76)(H,60,72)(H,61,68)(H,62,75)(H,63,77)(H,69,70)(H4,53,54,55)/t27?,28-,29-,30-,31-,32-,37-,38-,39-,40-/m0/s1. The van der Waals surface area contributed by atoms with E-state index in [4.69, 9.17) is 34.5 Å². The van der Waals surface area contributed by atoms with Gasteiger partial charge in [0.15, 0.2) is 11.7 Å².